The third kappa shape index (κ3) is 11.0. The van der Waals surface area contributed by atoms with Crippen LogP contribution in [0.25, 0.3) is 43.2 Å². The Morgan fingerprint density at radius 1 is 0.943 bits per heavy atom. The van der Waals surface area contributed by atoms with E-state index in [1.807, 2.05) is 19.1 Å². The van der Waals surface area contributed by atoms with Gasteiger partial charge in [-0.25, -0.2) is 37.5 Å². The molecule has 0 saturated carbocycles. The van der Waals surface area contributed by atoms with Crippen molar-refractivity contribution in [1.82, 2.24) is 29.7 Å². The van der Waals surface area contributed by atoms with Crippen LogP contribution in [0.15, 0.2) is 102 Å². The number of likely N-dealkylation sites (N-methyl/N-ethyl adjacent to an activating group) is 1. The van der Waals surface area contributed by atoms with E-state index in [-0.39, 0.29) is 42.1 Å². The largest absolute Gasteiger partial charge is 0.490 e. The molecule has 7 aromatic rings. The highest BCUT2D eigenvalue weighted by atomic mass is 35.5. The molecule has 0 spiro atoms. The van der Waals surface area contributed by atoms with Crippen LogP contribution in [0.2, 0.25) is 5.02 Å². The number of benzene rings is 4. The van der Waals surface area contributed by atoms with E-state index < -0.39 is 33.6 Å². The van der Waals surface area contributed by atoms with Crippen LogP contribution in [-0.2, 0) is 32.4 Å². The molecule has 14 nitrogen and oxygen atoms in total. The summed E-state index contributed by atoms with van der Waals surface area (Å²) in [5.41, 5.74) is 3.36. The fourth-order valence-corrected chi connectivity index (χ4v) is 10.7. The highest BCUT2D eigenvalue weighted by molar-refractivity contribution is 7.90. The lowest BCUT2D eigenvalue weighted by Gasteiger charge is -2.34. The molecule has 0 unspecified atom stereocenters. The Morgan fingerprint density at radius 2 is 1.71 bits per heavy atom. The highest BCUT2D eigenvalue weighted by Gasteiger charge is 2.33. The predicted molar refractivity (Wildman–Crippen MR) is 267 cm³/mol. The number of esters is 1. The van der Waals surface area contributed by atoms with Crippen LogP contribution in [0.4, 0.5) is 4.39 Å². The number of sulfone groups is 1. The number of carbonyl (C=O) groups is 1. The molecule has 0 aliphatic carbocycles. The Hall–Kier alpha value is -6.24. The molecule has 0 amide bonds. The van der Waals surface area contributed by atoms with E-state index in [2.05, 4.69) is 31.8 Å². The molecule has 4 bridgehead atoms. The minimum Gasteiger partial charge on any atom is -0.490 e. The molecule has 0 radical (unpaired) electrons. The van der Waals surface area contributed by atoms with Crippen LogP contribution in [-0.4, -0.2) is 115 Å². The van der Waals surface area contributed by atoms with Crippen LogP contribution >= 0.6 is 22.9 Å². The normalized spacial score (nSPS) is 17.0. The van der Waals surface area contributed by atoms with Gasteiger partial charge in [-0.1, -0.05) is 41.9 Å². The Morgan fingerprint density at radius 3 is 2.47 bits per heavy atom. The third-order valence-corrected chi connectivity index (χ3v) is 14.7. The lowest BCUT2D eigenvalue weighted by molar-refractivity contribution is -0.163. The number of fused-ring (bicyclic) bond motifs is 7. The molecule has 0 N–H and O–H groups in total. The maximum atomic E-state index is 14.5. The summed E-state index contributed by atoms with van der Waals surface area (Å²) in [6.07, 6.45) is 2.26. The average molecular weight is 1010 g/mol. The van der Waals surface area contributed by atoms with E-state index >= 15 is 0 Å². The molecule has 3 aliphatic rings. The summed E-state index contributed by atoms with van der Waals surface area (Å²) in [7, 11) is -1.48. The van der Waals surface area contributed by atoms with Crippen molar-refractivity contribution in [3.8, 4) is 56.1 Å². The first-order valence-electron chi connectivity index (χ1n) is 22.8. The maximum Gasteiger partial charge on any atom is 0.348 e. The maximum absolute atomic E-state index is 14.5. The summed E-state index contributed by atoms with van der Waals surface area (Å²) in [4.78, 5) is 39.0. The van der Waals surface area contributed by atoms with Gasteiger partial charge in [-0.3, -0.25) is 4.90 Å². The number of ether oxygens (including phenoxy) is 5. The zero-order valence-corrected chi connectivity index (χ0v) is 42.0. The van der Waals surface area contributed by atoms with E-state index in [1.54, 1.807) is 81.6 Å². The van der Waals surface area contributed by atoms with Crippen molar-refractivity contribution in [1.29, 1.82) is 0 Å². The standard InChI is InChI=1S/C52H52ClFN6O8S2/c1-31-38-16-18-41(46(31)53)66-37(27-60-23-21-59(5)22-24-60)29-64-36-15-17-40(65-28-35-19-20-55-48(58-35)39-9-7-8-10-43(39)70(6,62)63)33(25-36)26-42(51(61)68-52(2,3)4)67-49-45-44(38)47(69-50(45)57-30-56-49)32-11-13-34(54)14-12-32/h7-20,25,30,37,42H,21-24,26-29H2,1-6H3/t37-,42-/m1/s1. The average Bonchev–Trinajstić information content (AvgIpc) is 3.72. The van der Waals surface area contributed by atoms with Crippen LogP contribution in [0.5, 0.6) is 23.1 Å². The lowest BCUT2D eigenvalue weighted by atomic mass is 9.96. The second-order valence-corrected chi connectivity index (χ2v) is 21.8. The SMILES string of the molecule is Cc1c2ccc(c1Cl)O[C@H](CN1CCN(C)CC1)COc1ccc(OCc3ccnc(-c4ccccc4S(C)(=O)=O)n3)c(c1)C[C@H](C(=O)OC(C)(C)C)Oc1ncnc3sc(-c4ccc(F)cc4)c-2c13. The first kappa shape index (κ1) is 48.8. The fraction of sp³-hybridized carbons (Fsp3) is 0.327. The van der Waals surface area contributed by atoms with Gasteiger partial charge in [0.1, 0.15) is 59.1 Å². The minimum atomic E-state index is -3.59. The number of carbonyl (C=O) groups excluding carboxylic acids is 1. The van der Waals surface area contributed by atoms with E-state index in [0.29, 0.717) is 67.0 Å². The first-order chi connectivity index (χ1) is 33.5. The molecule has 18 heteroatoms. The van der Waals surface area contributed by atoms with Gasteiger partial charge >= 0.3 is 5.97 Å². The van der Waals surface area contributed by atoms with Gasteiger partial charge in [0.05, 0.1) is 21.0 Å². The van der Waals surface area contributed by atoms with Gasteiger partial charge in [0.15, 0.2) is 15.7 Å². The summed E-state index contributed by atoms with van der Waals surface area (Å²) < 4.78 is 72.5. The topological polar surface area (TPSA) is 155 Å². The van der Waals surface area contributed by atoms with Crippen LogP contribution in [0.1, 0.15) is 37.6 Å². The van der Waals surface area contributed by atoms with Crippen molar-refractivity contribution < 1.29 is 41.3 Å². The van der Waals surface area contributed by atoms with Gasteiger partial charge in [0.2, 0.25) is 12.0 Å². The molecule has 2 atom stereocenters. The summed E-state index contributed by atoms with van der Waals surface area (Å²) in [5, 5.41) is 0.927. The lowest BCUT2D eigenvalue weighted by Crippen LogP contribution is -2.49. The van der Waals surface area contributed by atoms with Gasteiger partial charge < -0.3 is 28.6 Å². The van der Waals surface area contributed by atoms with Crippen molar-refractivity contribution in [3.05, 3.63) is 125 Å². The number of nitrogens with zero attached hydrogens (tertiary/aromatic N) is 6. The molecular weight excluding hydrogens is 955 g/mol. The van der Waals surface area contributed by atoms with Crippen molar-refractivity contribution in [2.45, 2.75) is 63.4 Å². The van der Waals surface area contributed by atoms with E-state index in [1.165, 1.54) is 35.9 Å². The van der Waals surface area contributed by atoms with Crippen molar-refractivity contribution in [2.24, 2.45) is 0 Å². The van der Waals surface area contributed by atoms with Crippen molar-refractivity contribution in [2.75, 3.05) is 52.6 Å². The molecule has 364 valence electrons. The molecule has 10 rings (SSSR count). The Balaban J connectivity index is 1.16. The number of piperazine rings is 1. The fourth-order valence-electron chi connectivity index (χ4n) is 8.44. The quantitative estimate of drug-likeness (QED) is 0.126. The van der Waals surface area contributed by atoms with Crippen LogP contribution in [0, 0.1) is 12.7 Å². The smallest absolute Gasteiger partial charge is 0.348 e. The number of thiophene rings is 1. The van der Waals surface area contributed by atoms with E-state index in [0.717, 1.165) is 48.4 Å². The Labute approximate surface area is 415 Å². The zero-order chi connectivity index (χ0) is 49.3. The van der Waals surface area contributed by atoms with Gasteiger partial charge in [0, 0.05) is 73.2 Å². The monoisotopic (exact) mass is 1010 g/mol. The Kier molecular flexibility index (Phi) is 14.1. The summed E-state index contributed by atoms with van der Waals surface area (Å²) in [6, 6.07) is 23.6. The number of halogens is 2. The number of rotatable bonds is 9. The molecule has 70 heavy (non-hydrogen) atoms. The second-order valence-electron chi connectivity index (χ2n) is 18.4. The van der Waals surface area contributed by atoms with Gasteiger partial charge in [-0.05, 0) is 106 Å². The summed E-state index contributed by atoms with van der Waals surface area (Å²) in [5.74, 6) is 0.659. The first-order valence-corrected chi connectivity index (χ1v) is 25.9. The van der Waals surface area contributed by atoms with E-state index in [4.69, 9.17) is 40.3 Å². The minimum absolute atomic E-state index is 0.0447. The molecule has 4 aromatic carbocycles. The van der Waals surface area contributed by atoms with Gasteiger partial charge in [0.25, 0.3) is 0 Å². The Bertz CT molecular complexity index is 3180. The van der Waals surface area contributed by atoms with Crippen molar-refractivity contribution >= 4 is 49.0 Å². The van der Waals surface area contributed by atoms with Gasteiger partial charge in [-0.15, -0.1) is 11.3 Å². The van der Waals surface area contributed by atoms with Gasteiger partial charge in [-0.2, -0.15) is 0 Å². The molecule has 3 aliphatic heterocycles. The highest BCUT2D eigenvalue weighted by Crippen LogP contribution is 2.50. The van der Waals surface area contributed by atoms with E-state index in [9.17, 15) is 17.6 Å². The number of hydrogen-bond donors (Lipinski definition) is 0. The predicted octanol–water partition coefficient (Wildman–Crippen LogP) is 9.28. The van der Waals surface area contributed by atoms with Crippen LogP contribution < -0.4 is 18.9 Å². The molecule has 3 aromatic heterocycles. The second kappa shape index (κ2) is 20.2. The van der Waals surface area contributed by atoms with Crippen molar-refractivity contribution in [3.63, 3.8) is 0 Å². The number of hydrogen-bond acceptors (Lipinski definition) is 15. The molecular formula is C52H52ClFN6O8S2. The molecule has 1 fully saturated rings. The third-order valence-electron chi connectivity index (χ3n) is 11.9. The molecule has 6 heterocycles. The number of aromatic nitrogens is 4. The summed E-state index contributed by atoms with van der Waals surface area (Å²) >= 11 is 8.68. The molecule has 1 saturated heterocycles. The van der Waals surface area contributed by atoms with Crippen LogP contribution in [0.3, 0.4) is 0 Å². The zero-order valence-electron chi connectivity index (χ0n) is 39.6. The summed E-state index contributed by atoms with van der Waals surface area (Å²) in [6.45, 7) is 11.4.